The van der Waals surface area contributed by atoms with E-state index in [1.165, 1.54) is 27.7 Å². The Labute approximate surface area is 142 Å². The van der Waals surface area contributed by atoms with E-state index in [-0.39, 0.29) is 0 Å². The van der Waals surface area contributed by atoms with Gasteiger partial charge in [-0.2, -0.15) is 0 Å². The second kappa shape index (κ2) is 6.93. The maximum Gasteiger partial charge on any atom is 0.0683 e. The topological polar surface area (TPSA) is 24.5 Å². The molecule has 1 saturated heterocycles. The van der Waals surface area contributed by atoms with Crippen molar-refractivity contribution in [2.24, 2.45) is 0 Å². The molecular formula is C21H22N2O. The summed E-state index contributed by atoms with van der Waals surface area (Å²) in [7, 11) is 0. The molecule has 1 fully saturated rings. The molecule has 122 valence electrons. The van der Waals surface area contributed by atoms with Crippen LogP contribution < -0.4 is 10.2 Å². The van der Waals surface area contributed by atoms with Gasteiger partial charge in [0.2, 0.25) is 0 Å². The summed E-state index contributed by atoms with van der Waals surface area (Å²) < 4.78 is 5.54. The summed E-state index contributed by atoms with van der Waals surface area (Å²) in [4.78, 5) is 2.44. The minimum atomic E-state index is 0.793. The van der Waals surface area contributed by atoms with E-state index in [0.29, 0.717) is 0 Å². The van der Waals surface area contributed by atoms with Gasteiger partial charge in [-0.15, -0.1) is 0 Å². The quantitative estimate of drug-likeness (QED) is 0.777. The van der Waals surface area contributed by atoms with E-state index in [1.807, 2.05) is 0 Å². The van der Waals surface area contributed by atoms with E-state index >= 15 is 0 Å². The van der Waals surface area contributed by atoms with Gasteiger partial charge in [-0.3, -0.25) is 0 Å². The molecule has 0 amide bonds. The van der Waals surface area contributed by atoms with Crippen LogP contribution in [-0.4, -0.2) is 26.3 Å². The van der Waals surface area contributed by atoms with Crippen LogP contribution in [0.5, 0.6) is 0 Å². The number of anilines is 2. The van der Waals surface area contributed by atoms with Crippen molar-refractivity contribution in [2.45, 2.75) is 6.54 Å². The van der Waals surface area contributed by atoms with E-state index in [9.17, 15) is 0 Å². The Morgan fingerprint density at radius 2 is 1.58 bits per heavy atom. The van der Waals surface area contributed by atoms with Crippen LogP contribution in [0, 0.1) is 0 Å². The highest BCUT2D eigenvalue weighted by molar-refractivity contribution is 6.00. The number of fused-ring (bicyclic) bond motifs is 1. The Hall–Kier alpha value is -2.52. The van der Waals surface area contributed by atoms with Gasteiger partial charge in [0, 0.05) is 25.0 Å². The van der Waals surface area contributed by atoms with Crippen LogP contribution in [0.15, 0.2) is 66.7 Å². The fourth-order valence-electron chi connectivity index (χ4n) is 3.32. The Morgan fingerprint density at radius 3 is 2.42 bits per heavy atom. The first-order chi connectivity index (χ1) is 11.9. The van der Waals surface area contributed by atoms with Crippen molar-refractivity contribution < 1.29 is 4.74 Å². The molecule has 0 unspecified atom stereocenters. The summed E-state index contributed by atoms with van der Waals surface area (Å²) in [5.74, 6) is 0. The number of nitrogens with zero attached hydrogens (tertiary/aromatic N) is 1. The summed E-state index contributed by atoms with van der Waals surface area (Å²) in [5, 5.41) is 6.22. The lowest BCUT2D eigenvalue weighted by atomic mass is 10.1. The normalized spacial score (nSPS) is 14.8. The van der Waals surface area contributed by atoms with Gasteiger partial charge in [0.1, 0.15) is 0 Å². The van der Waals surface area contributed by atoms with Crippen LogP contribution in [0.25, 0.3) is 10.8 Å². The van der Waals surface area contributed by atoms with Crippen LogP contribution in [0.1, 0.15) is 5.56 Å². The summed E-state index contributed by atoms with van der Waals surface area (Å²) in [6.07, 6.45) is 0. The number of benzene rings is 3. The van der Waals surface area contributed by atoms with Crippen molar-refractivity contribution >= 4 is 22.1 Å². The number of rotatable bonds is 4. The minimum absolute atomic E-state index is 0.793. The van der Waals surface area contributed by atoms with Gasteiger partial charge < -0.3 is 15.0 Å². The number of morpholine rings is 1. The molecule has 1 heterocycles. The van der Waals surface area contributed by atoms with Crippen molar-refractivity contribution in [1.29, 1.82) is 0 Å². The maximum atomic E-state index is 5.54. The number of hydrogen-bond donors (Lipinski definition) is 1. The van der Waals surface area contributed by atoms with Crippen molar-refractivity contribution in [1.82, 2.24) is 0 Å². The molecular weight excluding hydrogens is 296 g/mol. The van der Waals surface area contributed by atoms with Gasteiger partial charge in [-0.25, -0.2) is 0 Å². The fraction of sp³-hybridized carbons (Fsp3) is 0.238. The molecule has 0 spiro atoms. The van der Waals surface area contributed by atoms with Gasteiger partial charge in [0.05, 0.1) is 24.6 Å². The van der Waals surface area contributed by atoms with Crippen molar-refractivity contribution in [3.63, 3.8) is 0 Å². The van der Waals surface area contributed by atoms with E-state index in [4.69, 9.17) is 4.74 Å². The van der Waals surface area contributed by atoms with Crippen LogP contribution in [0.3, 0.4) is 0 Å². The Bertz CT molecular complexity index is 810. The Kier molecular flexibility index (Phi) is 4.34. The summed E-state index contributed by atoms with van der Waals surface area (Å²) in [6.45, 7) is 4.29. The smallest absolute Gasteiger partial charge is 0.0683 e. The SMILES string of the molecule is c1ccc(CNc2ccc3ccccc3c2N2CCOCC2)cc1. The largest absolute Gasteiger partial charge is 0.379 e. The molecule has 24 heavy (non-hydrogen) atoms. The lowest BCUT2D eigenvalue weighted by Crippen LogP contribution is -2.36. The minimum Gasteiger partial charge on any atom is -0.379 e. The van der Waals surface area contributed by atoms with Gasteiger partial charge >= 0.3 is 0 Å². The number of hydrogen-bond acceptors (Lipinski definition) is 3. The molecule has 1 N–H and O–H groups in total. The molecule has 0 aliphatic carbocycles. The second-order valence-electron chi connectivity index (χ2n) is 6.12. The Morgan fingerprint density at radius 1 is 0.833 bits per heavy atom. The van der Waals surface area contributed by atoms with E-state index in [0.717, 1.165) is 32.8 Å². The first-order valence-corrected chi connectivity index (χ1v) is 8.54. The molecule has 3 aromatic rings. The van der Waals surface area contributed by atoms with Gasteiger partial charge in [-0.1, -0.05) is 60.7 Å². The third-order valence-electron chi connectivity index (χ3n) is 4.55. The highest BCUT2D eigenvalue weighted by Gasteiger charge is 2.17. The van der Waals surface area contributed by atoms with Crippen molar-refractivity contribution in [3.05, 3.63) is 72.3 Å². The van der Waals surface area contributed by atoms with Crippen LogP contribution in [0.4, 0.5) is 11.4 Å². The highest BCUT2D eigenvalue weighted by atomic mass is 16.5. The monoisotopic (exact) mass is 318 g/mol. The van der Waals surface area contributed by atoms with Gasteiger partial charge in [-0.05, 0) is 17.0 Å². The van der Waals surface area contributed by atoms with Crippen molar-refractivity contribution in [2.75, 3.05) is 36.5 Å². The van der Waals surface area contributed by atoms with Gasteiger partial charge in [0.15, 0.2) is 0 Å². The van der Waals surface area contributed by atoms with Crippen LogP contribution in [0.2, 0.25) is 0 Å². The molecule has 0 atom stereocenters. The van der Waals surface area contributed by atoms with Crippen LogP contribution in [-0.2, 0) is 11.3 Å². The maximum absolute atomic E-state index is 5.54. The second-order valence-corrected chi connectivity index (χ2v) is 6.12. The highest BCUT2D eigenvalue weighted by Crippen LogP contribution is 2.35. The van der Waals surface area contributed by atoms with Gasteiger partial charge in [0.25, 0.3) is 0 Å². The molecule has 0 saturated carbocycles. The zero-order valence-electron chi connectivity index (χ0n) is 13.7. The summed E-state index contributed by atoms with van der Waals surface area (Å²) in [5.41, 5.74) is 3.78. The molecule has 1 aliphatic rings. The third kappa shape index (κ3) is 3.08. The van der Waals surface area contributed by atoms with Crippen molar-refractivity contribution in [3.8, 4) is 0 Å². The molecule has 3 nitrogen and oxygen atoms in total. The fourth-order valence-corrected chi connectivity index (χ4v) is 3.32. The molecule has 3 aromatic carbocycles. The molecule has 0 aromatic heterocycles. The molecule has 0 radical (unpaired) electrons. The molecule has 0 bridgehead atoms. The third-order valence-corrected chi connectivity index (χ3v) is 4.55. The van der Waals surface area contributed by atoms with E-state index < -0.39 is 0 Å². The molecule has 1 aliphatic heterocycles. The summed E-state index contributed by atoms with van der Waals surface area (Å²) >= 11 is 0. The summed E-state index contributed by atoms with van der Waals surface area (Å²) in [6, 6.07) is 23.6. The van der Waals surface area contributed by atoms with E-state index in [2.05, 4.69) is 76.9 Å². The lowest BCUT2D eigenvalue weighted by molar-refractivity contribution is 0.123. The predicted molar refractivity (Wildman–Crippen MR) is 101 cm³/mol. The average Bonchev–Trinajstić information content (AvgIpc) is 2.67. The zero-order valence-corrected chi connectivity index (χ0v) is 13.7. The average molecular weight is 318 g/mol. The number of ether oxygens (including phenoxy) is 1. The standard InChI is InChI=1S/C21H22N2O/c1-2-6-17(7-3-1)16-22-20-11-10-18-8-4-5-9-19(18)21(20)23-12-14-24-15-13-23/h1-11,22H,12-16H2. The lowest BCUT2D eigenvalue weighted by Gasteiger charge is -2.32. The molecule has 3 heteroatoms. The molecule has 4 rings (SSSR count). The van der Waals surface area contributed by atoms with Crippen LogP contribution >= 0.6 is 0 Å². The number of nitrogens with one attached hydrogen (secondary N) is 1. The van der Waals surface area contributed by atoms with E-state index in [1.54, 1.807) is 0 Å². The first-order valence-electron chi connectivity index (χ1n) is 8.54. The zero-order chi connectivity index (χ0) is 16.2. The Balaban J connectivity index is 1.70. The first kappa shape index (κ1) is 15.0. The predicted octanol–water partition coefficient (Wildman–Crippen LogP) is 4.29.